The molecule has 0 fully saturated rings. The molecule has 2 aliphatic carbocycles. The average molecular weight is 595 g/mol. The van der Waals surface area contributed by atoms with Crippen molar-refractivity contribution >= 4 is 11.9 Å². The second-order valence-corrected chi connectivity index (χ2v) is 13.2. The Morgan fingerprint density at radius 3 is 1.39 bits per heavy atom. The molecular weight excluding hydrogens is 563 g/mol. The van der Waals surface area contributed by atoms with Gasteiger partial charge >= 0.3 is 130 Å². The first-order valence-corrected chi connectivity index (χ1v) is 13.7. The van der Waals surface area contributed by atoms with Crippen molar-refractivity contribution in [2.45, 2.75) is 53.4 Å². The summed E-state index contributed by atoms with van der Waals surface area (Å²) in [7, 11) is 0. The number of hydrogen-bond acceptors (Lipinski definition) is 6. The molecule has 0 saturated carbocycles. The number of carbonyl (C=O) groups is 2. The van der Waals surface area contributed by atoms with E-state index in [0.717, 1.165) is 11.8 Å². The van der Waals surface area contributed by atoms with Crippen molar-refractivity contribution in [1.29, 1.82) is 0 Å². The van der Waals surface area contributed by atoms with E-state index in [1.807, 2.05) is 6.66 Å². The van der Waals surface area contributed by atoms with Crippen LogP contribution in [0.1, 0.15) is 53.4 Å². The molecule has 0 heterocycles. The summed E-state index contributed by atoms with van der Waals surface area (Å²) < 4.78 is 3.74. The van der Waals surface area contributed by atoms with Crippen LogP contribution >= 0.6 is 0 Å². The second kappa shape index (κ2) is 14.8. The number of rotatable bonds is 8. The van der Waals surface area contributed by atoms with Crippen LogP contribution in [0, 0.1) is 11.8 Å². The number of carboxylic acid groups (broad SMARTS) is 2. The van der Waals surface area contributed by atoms with Gasteiger partial charge in [-0.25, -0.2) is 0 Å². The van der Waals surface area contributed by atoms with Gasteiger partial charge in [-0.15, -0.1) is 0 Å². The Bertz CT molecular complexity index is 707. The number of hydrogen-bond donors (Lipinski definition) is 2. The molecule has 0 saturated heterocycles. The molecule has 0 aromatic carbocycles. The van der Waals surface area contributed by atoms with E-state index in [4.69, 9.17) is 10.2 Å². The van der Waals surface area contributed by atoms with Crippen molar-refractivity contribution in [3.8, 4) is 0 Å². The van der Waals surface area contributed by atoms with Crippen LogP contribution in [0.2, 0.25) is 0 Å². The van der Waals surface area contributed by atoms with E-state index in [2.05, 4.69) is 65.2 Å². The van der Waals surface area contributed by atoms with Crippen LogP contribution < -0.4 is 10.2 Å². The molecule has 0 unspecified atom stereocenters. The maximum absolute atomic E-state index is 9.24. The van der Waals surface area contributed by atoms with Crippen LogP contribution in [0.15, 0.2) is 66.8 Å². The molecule has 0 spiro atoms. The molecule has 0 bridgehead atoms. The predicted octanol–water partition coefficient (Wildman–Crippen LogP) is 3.21. The van der Waals surface area contributed by atoms with E-state index >= 15 is 0 Å². The molecule has 168 valence electrons. The fourth-order valence-corrected chi connectivity index (χ4v) is 8.18. The zero-order valence-corrected chi connectivity index (χ0v) is 22.3. The van der Waals surface area contributed by atoms with E-state index in [9.17, 15) is 19.8 Å². The van der Waals surface area contributed by atoms with Crippen molar-refractivity contribution in [2.24, 2.45) is 11.8 Å². The summed E-state index contributed by atoms with van der Waals surface area (Å²) in [5.41, 5.74) is 3.39. The third-order valence-corrected chi connectivity index (χ3v) is 10.0. The average Bonchev–Trinajstić information content (AvgIpc) is 3.25. The zero-order chi connectivity index (χ0) is 24.1. The van der Waals surface area contributed by atoms with Gasteiger partial charge in [-0.3, -0.25) is 0 Å². The van der Waals surface area contributed by atoms with Crippen molar-refractivity contribution in [3.05, 3.63) is 66.8 Å². The van der Waals surface area contributed by atoms with E-state index < -0.39 is 46.4 Å². The molecule has 2 N–H and O–H groups in total. The molecule has 2 aliphatic rings. The van der Waals surface area contributed by atoms with Gasteiger partial charge in [0.25, 0.3) is 0 Å². The molecule has 0 aliphatic heterocycles. The van der Waals surface area contributed by atoms with Crippen molar-refractivity contribution in [2.75, 3.05) is 0 Å². The van der Waals surface area contributed by atoms with Crippen LogP contribution in [-0.4, -0.2) is 22.2 Å². The Morgan fingerprint density at radius 2 is 1.16 bits per heavy atom. The third kappa shape index (κ3) is 13.0. The van der Waals surface area contributed by atoms with Crippen LogP contribution in [0.25, 0.3) is 0 Å². The first-order valence-electron chi connectivity index (χ1n) is 10.1. The Labute approximate surface area is 196 Å². The van der Waals surface area contributed by atoms with Crippen LogP contribution in [-0.2, 0) is 32.5 Å². The topological polar surface area (TPSA) is 121 Å². The first kappa shape index (κ1) is 28.9. The van der Waals surface area contributed by atoms with Crippen LogP contribution in [0.3, 0.4) is 0 Å². The number of allylic oxidation sites excluding steroid dienone is 8. The van der Waals surface area contributed by atoms with Crippen LogP contribution in [0.4, 0.5) is 0 Å². The normalized spacial score (nSPS) is 14.1. The molecule has 0 aromatic rings. The van der Waals surface area contributed by atoms with E-state index in [-0.39, 0.29) is 0 Å². The molecule has 2 rings (SSSR count). The minimum absolute atomic E-state index is 0.740. The quantitative estimate of drug-likeness (QED) is 0.253. The van der Waals surface area contributed by atoms with Crippen molar-refractivity contribution < 1.29 is 52.9 Å². The SMILES string of the molecule is C=C(O)C(=O)[O-].C=C(O)C(=O)[O-].CC(C)CC1=[C]([Hf+2][C]2=C(CC(C)C)C=CC2)CC=C1. The van der Waals surface area contributed by atoms with Gasteiger partial charge in [0.1, 0.15) is 23.5 Å². The molecule has 6 nitrogen and oxygen atoms in total. The molecular formula is C24H32HfO6. The Hall–Kier alpha value is -2.15. The van der Waals surface area contributed by atoms with Gasteiger partial charge in [0.05, 0.1) is 0 Å². The van der Waals surface area contributed by atoms with Crippen molar-refractivity contribution in [3.63, 3.8) is 0 Å². The van der Waals surface area contributed by atoms with Gasteiger partial charge in [0.15, 0.2) is 0 Å². The van der Waals surface area contributed by atoms with Gasteiger partial charge in [-0.1, -0.05) is 13.2 Å². The zero-order valence-electron chi connectivity index (χ0n) is 18.7. The summed E-state index contributed by atoms with van der Waals surface area (Å²) >= 11 is -0.740. The number of aliphatic carboxylic acids is 2. The summed E-state index contributed by atoms with van der Waals surface area (Å²) in [6, 6.07) is 0. The predicted molar refractivity (Wildman–Crippen MR) is 114 cm³/mol. The third-order valence-electron chi connectivity index (χ3n) is 4.09. The van der Waals surface area contributed by atoms with Crippen LogP contribution in [0.5, 0.6) is 0 Å². The number of carboxylic acids is 2. The van der Waals surface area contributed by atoms with Gasteiger partial charge in [-0.2, -0.15) is 0 Å². The molecule has 0 radical (unpaired) electrons. The maximum atomic E-state index is 9.24. The van der Waals surface area contributed by atoms with E-state index in [1.165, 1.54) is 25.7 Å². The molecule has 0 aromatic heterocycles. The van der Waals surface area contributed by atoms with Gasteiger partial charge in [-0.05, 0) is 0 Å². The monoisotopic (exact) mass is 596 g/mol. The van der Waals surface area contributed by atoms with E-state index in [0.29, 0.717) is 0 Å². The van der Waals surface area contributed by atoms with Gasteiger partial charge in [0, 0.05) is 0 Å². The van der Waals surface area contributed by atoms with E-state index in [1.54, 1.807) is 11.1 Å². The molecule has 0 amide bonds. The molecule has 0 atom stereocenters. The van der Waals surface area contributed by atoms with Gasteiger partial charge < -0.3 is 30.0 Å². The van der Waals surface area contributed by atoms with Gasteiger partial charge in [0.2, 0.25) is 0 Å². The Morgan fingerprint density at radius 1 is 0.871 bits per heavy atom. The summed E-state index contributed by atoms with van der Waals surface area (Å²) in [6.07, 6.45) is 14.7. The Balaban J connectivity index is 0.000000620. The minimum atomic E-state index is -1.63. The number of carbonyl (C=O) groups excluding carboxylic acids is 2. The first-order chi connectivity index (χ1) is 14.3. The number of aliphatic hydroxyl groups is 2. The van der Waals surface area contributed by atoms with Crippen molar-refractivity contribution in [1.82, 2.24) is 0 Å². The fourth-order valence-electron chi connectivity index (χ4n) is 2.81. The number of aliphatic hydroxyl groups excluding tert-OH is 2. The summed E-state index contributed by atoms with van der Waals surface area (Å²) in [5.74, 6) is -3.54. The fraction of sp³-hybridized carbons (Fsp3) is 0.417. The summed E-state index contributed by atoms with van der Waals surface area (Å²) in [4.78, 5) is 18.5. The summed E-state index contributed by atoms with van der Waals surface area (Å²) in [5, 5.41) is 34.0. The standard InChI is InChI=1S/2C9H13.2C3H4O3.Hf/c2*1-8(2)7-9-5-3-4-6-9;2*1-2(4)3(5)6;/h2*3,5,8H,4,7H2,1-2H3;2*4H,1H2,(H,5,6);/q;;;;+2/p-2. The molecule has 7 heteroatoms. The summed E-state index contributed by atoms with van der Waals surface area (Å²) in [6.45, 7) is 14.7. The molecule has 31 heavy (non-hydrogen) atoms. The Kier molecular flexibility index (Phi) is 13.8. The second-order valence-electron chi connectivity index (χ2n) is 8.01.